The number of benzene rings is 1. The Kier molecular flexibility index (Phi) is 2.80. The Balaban J connectivity index is 1.74. The molecule has 0 heterocycles. The first-order valence-electron chi connectivity index (χ1n) is 6.42. The average Bonchev–Trinajstić information content (AvgIpc) is 2.95. The van der Waals surface area contributed by atoms with Gasteiger partial charge in [-0.1, -0.05) is 12.1 Å². The lowest BCUT2D eigenvalue weighted by molar-refractivity contribution is -0.137. The van der Waals surface area contributed by atoms with Crippen LogP contribution in [0.1, 0.15) is 24.8 Å². The largest absolute Gasteiger partial charge is 0.418 e. The number of hydrogen-bond acceptors (Lipinski definition) is 1. The van der Waals surface area contributed by atoms with Crippen molar-refractivity contribution in [2.24, 2.45) is 17.8 Å². The Morgan fingerprint density at radius 2 is 1.74 bits per heavy atom. The molecule has 2 unspecified atom stereocenters. The molecule has 0 aliphatic heterocycles. The van der Waals surface area contributed by atoms with Crippen molar-refractivity contribution in [1.82, 2.24) is 0 Å². The van der Waals surface area contributed by atoms with Gasteiger partial charge in [-0.3, -0.25) is 4.79 Å². The fraction of sp³-hybridized carbons (Fsp3) is 0.500. The molecule has 2 fully saturated rings. The molecule has 1 N–H and O–H groups in total. The summed E-state index contributed by atoms with van der Waals surface area (Å²) < 4.78 is 38.4. The molecule has 0 spiro atoms. The molecule has 2 atom stereocenters. The van der Waals surface area contributed by atoms with Gasteiger partial charge in [0.15, 0.2) is 0 Å². The van der Waals surface area contributed by atoms with E-state index in [1.165, 1.54) is 24.6 Å². The highest BCUT2D eigenvalue weighted by atomic mass is 19.4. The van der Waals surface area contributed by atoms with E-state index in [2.05, 4.69) is 5.32 Å². The zero-order valence-electron chi connectivity index (χ0n) is 10.2. The predicted octanol–water partition coefficient (Wildman–Crippen LogP) is 3.69. The number of anilines is 1. The smallest absolute Gasteiger partial charge is 0.325 e. The summed E-state index contributed by atoms with van der Waals surface area (Å²) in [7, 11) is 0. The van der Waals surface area contributed by atoms with E-state index in [0.717, 1.165) is 18.9 Å². The number of para-hydroxylation sites is 1. The molecule has 2 nitrogen and oxygen atoms in total. The maximum atomic E-state index is 12.8. The number of fused-ring (bicyclic) bond motifs is 1. The van der Waals surface area contributed by atoms with E-state index in [0.29, 0.717) is 11.8 Å². The maximum Gasteiger partial charge on any atom is 0.418 e. The lowest BCUT2D eigenvalue weighted by Crippen LogP contribution is -2.23. The van der Waals surface area contributed by atoms with Crippen molar-refractivity contribution in [1.29, 1.82) is 0 Å². The minimum Gasteiger partial charge on any atom is -0.325 e. The van der Waals surface area contributed by atoms with E-state index in [4.69, 9.17) is 0 Å². The van der Waals surface area contributed by atoms with Crippen LogP contribution < -0.4 is 5.32 Å². The van der Waals surface area contributed by atoms with Crippen LogP contribution in [0.25, 0.3) is 0 Å². The Hall–Kier alpha value is -1.52. The molecular weight excluding hydrogens is 255 g/mol. The van der Waals surface area contributed by atoms with Crippen LogP contribution in [0.4, 0.5) is 18.9 Å². The number of alkyl halides is 3. The van der Waals surface area contributed by atoms with Crippen LogP contribution in [0.5, 0.6) is 0 Å². The number of hydrogen-bond donors (Lipinski definition) is 1. The molecule has 2 aliphatic rings. The molecular formula is C14H14F3NO. The molecule has 19 heavy (non-hydrogen) atoms. The first-order valence-corrected chi connectivity index (χ1v) is 6.42. The van der Waals surface area contributed by atoms with E-state index in [9.17, 15) is 18.0 Å². The van der Waals surface area contributed by atoms with Crippen LogP contribution in [0, 0.1) is 17.8 Å². The minimum absolute atomic E-state index is 0.120. The number of nitrogens with one attached hydrogen (secondary N) is 1. The van der Waals surface area contributed by atoms with Gasteiger partial charge in [0.05, 0.1) is 11.3 Å². The van der Waals surface area contributed by atoms with Crippen molar-refractivity contribution in [3.05, 3.63) is 29.8 Å². The van der Waals surface area contributed by atoms with Gasteiger partial charge in [-0.25, -0.2) is 0 Å². The van der Waals surface area contributed by atoms with Gasteiger partial charge >= 0.3 is 6.18 Å². The standard InChI is InChI=1S/C14H14F3NO/c15-14(16,17)11-3-1-2-4-12(11)18-13(19)10-6-8-5-9(8)7-10/h1-4,8-10H,5-7H2,(H,18,19). The SMILES string of the molecule is O=C(Nc1ccccc1C(F)(F)F)C1CC2CC2C1. The Morgan fingerprint density at radius 3 is 2.37 bits per heavy atom. The van der Waals surface area contributed by atoms with Crippen molar-refractivity contribution in [3.8, 4) is 0 Å². The maximum absolute atomic E-state index is 12.8. The van der Waals surface area contributed by atoms with Crippen molar-refractivity contribution in [3.63, 3.8) is 0 Å². The number of carbonyl (C=O) groups is 1. The van der Waals surface area contributed by atoms with Gasteiger partial charge in [0, 0.05) is 5.92 Å². The van der Waals surface area contributed by atoms with Crippen LogP contribution in [-0.4, -0.2) is 5.91 Å². The molecule has 102 valence electrons. The van der Waals surface area contributed by atoms with Crippen molar-refractivity contribution in [2.45, 2.75) is 25.4 Å². The Labute approximate surface area is 109 Å². The summed E-state index contributed by atoms with van der Waals surface area (Å²) in [6.07, 6.45) is -1.61. The molecule has 0 saturated heterocycles. The third-order valence-electron chi connectivity index (χ3n) is 4.10. The summed E-state index contributed by atoms with van der Waals surface area (Å²) in [4.78, 5) is 12.0. The quantitative estimate of drug-likeness (QED) is 0.871. The van der Waals surface area contributed by atoms with Crippen molar-refractivity contribution < 1.29 is 18.0 Å². The summed E-state index contributed by atoms with van der Waals surface area (Å²) in [5.41, 5.74) is -0.924. The highest BCUT2D eigenvalue weighted by molar-refractivity contribution is 5.93. The molecule has 1 aromatic carbocycles. The van der Waals surface area contributed by atoms with Gasteiger partial charge in [-0.05, 0) is 43.2 Å². The second kappa shape index (κ2) is 4.25. The molecule has 1 aromatic rings. The first-order chi connectivity index (χ1) is 8.95. The van der Waals surface area contributed by atoms with E-state index >= 15 is 0 Å². The van der Waals surface area contributed by atoms with E-state index in [1.807, 2.05) is 0 Å². The zero-order valence-corrected chi connectivity index (χ0v) is 10.2. The van der Waals surface area contributed by atoms with Gasteiger partial charge in [0.25, 0.3) is 0 Å². The van der Waals surface area contributed by atoms with Gasteiger partial charge < -0.3 is 5.32 Å². The fourth-order valence-corrected chi connectivity index (χ4v) is 3.00. The number of carbonyl (C=O) groups excluding carboxylic acids is 1. The van der Waals surface area contributed by atoms with Crippen molar-refractivity contribution >= 4 is 11.6 Å². The number of halogens is 3. The topological polar surface area (TPSA) is 29.1 Å². The summed E-state index contributed by atoms with van der Waals surface area (Å²) in [6, 6.07) is 5.11. The molecule has 0 aromatic heterocycles. The van der Waals surface area contributed by atoms with Gasteiger partial charge in [-0.2, -0.15) is 13.2 Å². The third kappa shape index (κ3) is 2.46. The van der Waals surface area contributed by atoms with Crippen LogP contribution in [-0.2, 0) is 11.0 Å². The number of rotatable bonds is 2. The number of amides is 1. The molecule has 3 rings (SSSR count). The predicted molar refractivity (Wildman–Crippen MR) is 64.4 cm³/mol. The van der Waals surface area contributed by atoms with Gasteiger partial charge in [0.1, 0.15) is 0 Å². The van der Waals surface area contributed by atoms with Crippen LogP contribution in [0.15, 0.2) is 24.3 Å². The lowest BCUT2D eigenvalue weighted by Gasteiger charge is -2.16. The summed E-state index contributed by atoms with van der Waals surface area (Å²) in [6.45, 7) is 0. The molecule has 2 aliphatic carbocycles. The molecule has 1 amide bonds. The highest BCUT2D eigenvalue weighted by Crippen LogP contribution is 2.54. The van der Waals surface area contributed by atoms with Gasteiger partial charge in [-0.15, -0.1) is 0 Å². The van der Waals surface area contributed by atoms with Crippen LogP contribution in [0.3, 0.4) is 0 Å². The van der Waals surface area contributed by atoms with Crippen LogP contribution >= 0.6 is 0 Å². The average molecular weight is 269 g/mol. The highest BCUT2D eigenvalue weighted by Gasteiger charge is 2.48. The second-order valence-electron chi connectivity index (χ2n) is 5.46. The summed E-state index contributed by atoms with van der Waals surface area (Å²) in [5.74, 6) is 0.871. The van der Waals surface area contributed by atoms with E-state index < -0.39 is 11.7 Å². The Bertz CT molecular complexity index is 502. The second-order valence-corrected chi connectivity index (χ2v) is 5.46. The fourth-order valence-electron chi connectivity index (χ4n) is 3.00. The Morgan fingerprint density at radius 1 is 1.11 bits per heavy atom. The van der Waals surface area contributed by atoms with Crippen molar-refractivity contribution in [2.75, 3.05) is 5.32 Å². The first kappa shape index (κ1) is 12.5. The summed E-state index contributed by atoms with van der Waals surface area (Å²) >= 11 is 0. The monoisotopic (exact) mass is 269 g/mol. The lowest BCUT2D eigenvalue weighted by atomic mass is 10.0. The molecule has 0 bridgehead atoms. The van der Waals surface area contributed by atoms with E-state index in [1.54, 1.807) is 0 Å². The normalized spacial score (nSPS) is 28.9. The molecule has 0 radical (unpaired) electrons. The zero-order chi connectivity index (χ0) is 13.6. The summed E-state index contributed by atoms with van der Waals surface area (Å²) in [5, 5.41) is 2.44. The molecule has 5 heteroatoms. The minimum atomic E-state index is -4.44. The van der Waals surface area contributed by atoms with Gasteiger partial charge in [0.2, 0.25) is 5.91 Å². The molecule has 2 saturated carbocycles. The van der Waals surface area contributed by atoms with E-state index in [-0.39, 0.29) is 17.5 Å². The van der Waals surface area contributed by atoms with Crippen LogP contribution in [0.2, 0.25) is 0 Å². The third-order valence-corrected chi connectivity index (χ3v) is 4.10.